The van der Waals surface area contributed by atoms with Gasteiger partial charge in [-0.1, -0.05) is 17.7 Å². The van der Waals surface area contributed by atoms with E-state index in [1.165, 1.54) is 12.1 Å². The molecule has 0 bridgehead atoms. The van der Waals surface area contributed by atoms with E-state index >= 15 is 0 Å². The molecule has 1 fully saturated rings. The van der Waals surface area contributed by atoms with E-state index in [-0.39, 0.29) is 5.06 Å². The molecule has 2 rings (SSSR count). The zero-order valence-corrected chi connectivity index (χ0v) is 14.4. The van der Waals surface area contributed by atoms with Crippen LogP contribution in [0.3, 0.4) is 0 Å². The largest absolute Gasteiger partial charge is 0.523 e. The molecule has 1 aliphatic heterocycles. The first-order valence-electron chi connectivity index (χ1n) is 6.62. The standard InChI is InChI=1S/C12H10F3NO8S2/c1-7-2-4-8(5-3-7)25(19,20)24-16-10(17)6-9(11(16)18)23-26(21,22)12(13,14)15/h2-5,9H,6H2,1H3. The van der Waals surface area contributed by atoms with Crippen LogP contribution in [-0.4, -0.2) is 45.3 Å². The third-order valence-corrected chi connectivity index (χ3v) is 5.32. The zero-order valence-electron chi connectivity index (χ0n) is 12.8. The van der Waals surface area contributed by atoms with Gasteiger partial charge in [-0.25, -0.2) is 4.18 Å². The third kappa shape index (κ3) is 4.03. The molecule has 9 nitrogen and oxygen atoms in total. The average molecular weight is 417 g/mol. The van der Waals surface area contributed by atoms with E-state index in [1.54, 1.807) is 6.92 Å². The summed E-state index contributed by atoms with van der Waals surface area (Å²) in [5.41, 5.74) is -5.12. The second kappa shape index (κ2) is 6.61. The molecule has 1 aliphatic rings. The van der Waals surface area contributed by atoms with Gasteiger partial charge in [-0.3, -0.25) is 9.59 Å². The summed E-state index contributed by atoms with van der Waals surface area (Å²) in [4.78, 5) is 23.1. The van der Waals surface area contributed by atoms with Gasteiger partial charge in [0.05, 0.1) is 11.3 Å². The summed E-state index contributed by atoms with van der Waals surface area (Å²) in [5.74, 6) is -3.08. The van der Waals surface area contributed by atoms with Gasteiger partial charge in [-0.2, -0.15) is 30.0 Å². The van der Waals surface area contributed by atoms with Crippen LogP contribution in [0, 0.1) is 6.92 Å². The maximum Gasteiger partial charge on any atom is 0.523 e. The highest BCUT2D eigenvalue weighted by molar-refractivity contribution is 7.87. The van der Waals surface area contributed by atoms with E-state index < -0.39 is 55.0 Å². The molecule has 26 heavy (non-hydrogen) atoms. The first-order chi connectivity index (χ1) is 11.7. The Labute approximate surface area is 145 Å². The molecule has 1 atom stereocenters. The molecule has 1 heterocycles. The molecule has 1 aromatic carbocycles. The normalized spacial score (nSPS) is 19.2. The SMILES string of the molecule is Cc1ccc(S(=O)(=O)ON2C(=O)CC(OS(=O)(=O)C(F)(F)F)C2=O)cc1. The monoisotopic (exact) mass is 417 g/mol. The lowest BCUT2D eigenvalue weighted by molar-refractivity contribution is -0.165. The van der Waals surface area contributed by atoms with Crippen molar-refractivity contribution in [3.8, 4) is 0 Å². The van der Waals surface area contributed by atoms with Crippen molar-refractivity contribution in [2.24, 2.45) is 0 Å². The van der Waals surface area contributed by atoms with Gasteiger partial charge < -0.3 is 0 Å². The Kier molecular flexibility index (Phi) is 5.15. The molecular formula is C12H10F3NO8S2. The van der Waals surface area contributed by atoms with Gasteiger partial charge >= 0.3 is 25.7 Å². The predicted molar refractivity (Wildman–Crippen MR) is 75.8 cm³/mol. The number of carbonyl (C=O) groups excluding carboxylic acids is 2. The van der Waals surface area contributed by atoms with Crippen LogP contribution in [0.1, 0.15) is 12.0 Å². The summed E-state index contributed by atoms with van der Waals surface area (Å²) in [6.45, 7) is 1.66. The summed E-state index contributed by atoms with van der Waals surface area (Å²) in [7, 11) is -10.8. The van der Waals surface area contributed by atoms with Gasteiger partial charge in [0.2, 0.25) is 0 Å². The Morgan fingerprint density at radius 2 is 1.62 bits per heavy atom. The maximum atomic E-state index is 12.3. The molecule has 1 unspecified atom stereocenters. The van der Waals surface area contributed by atoms with Crippen molar-refractivity contribution >= 4 is 32.1 Å². The van der Waals surface area contributed by atoms with Gasteiger partial charge in [0.15, 0.2) is 6.10 Å². The summed E-state index contributed by atoms with van der Waals surface area (Å²) < 4.78 is 90.8. The van der Waals surface area contributed by atoms with E-state index in [2.05, 4.69) is 8.47 Å². The van der Waals surface area contributed by atoms with Crippen LogP contribution >= 0.6 is 0 Å². The number of nitrogens with zero attached hydrogens (tertiary/aromatic N) is 1. The number of halogens is 3. The van der Waals surface area contributed by atoms with Gasteiger partial charge in [0.1, 0.15) is 0 Å². The van der Waals surface area contributed by atoms with Crippen molar-refractivity contribution in [2.45, 2.75) is 29.9 Å². The molecule has 1 saturated heterocycles. The van der Waals surface area contributed by atoms with Crippen LogP contribution in [0.5, 0.6) is 0 Å². The number of hydrogen-bond acceptors (Lipinski definition) is 8. The molecule has 0 radical (unpaired) electrons. The Morgan fingerprint density at radius 1 is 1.08 bits per heavy atom. The molecule has 144 valence electrons. The summed E-state index contributed by atoms with van der Waals surface area (Å²) in [6.07, 6.45) is -3.53. The van der Waals surface area contributed by atoms with Crippen molar-refractivity contribution < 1.29 is 48.1 Å². The number of carbonyl (C=O) groups is 2. The highest BCUT2D eigenvalue weighted by atomic mass is 32.2. The quantitative estimate of drug-likeness (QED) is 0.388. The minimum atomic E-state index is -6.17. The Morgan fingerprint density at radius 3 is 2.12 bits per heavy atom. The van der Waals surface area contributed by atoms with Crippen LogP contribution in [0.2, 0.25) is 0 Å². The number of imide groups is 1. The summed E-state index contributed by atoms with van der Waals surface area (Å²) >= 11 is 0. The van der Waals surface area contributed by atoms with Crippen molar-refractivity contribution in [2.75, 3.05) is 0 Å². The lowest BCUT2D eigenvalue weighted by atomic mass is 10.2. The number of amides is 2. The van der Waals surface area contributed by atoms with E-state index in [4.69, 9.17) is 0 Å². The number of hydrogen-bond donors (Lipinski definition) is 0. The predicted octanol–water partition coefficient (Wildman–Crippen LogP) is 0.609. The Bertz CT molecular complexity index is 938. The number of alkyl halides is 3. The fourth-order valence-corrected chi connectivity index (χ4v) is 3.26. The Hall–Kier alpha value is -2.03. The molecule has 0 aromatic heterocycles. The average Bonchev–Trinajstić information content (AvgIpc) is 2.73. The molecule has 14 heteroatoms. The van der Waals surface area contributed by atoms with Crippen molar-refractivity contribution in [3.05, 3.63) is 29.8 Å². The van der Waals surface area contributed by atoms with Crippen LogP contribution in [0.15, 0.2) is 29.2 Å². The lowest BCUT2D eigenvalue weighted by Crippen LogP contribution is -2.37. The van der Waals surface area contributed by atoms with Crippen molar-refractivity contribution in [1.82, 2.24) is 5.06 Å². The van der Waals surface area contributed by atoms with Crippen molar-refractivity contribution in [3.63, 3.8) is 0 Å². The fraction of sp³-hybridized carbons (Fsp3) is 0.333. The van der Waals surface area contributed by atoms with E-state index in [0.717, 1.165) is 12.1 Å². The molecule has 0 N–H and O–H groups in total. The van der Waals surface area contributed by atoms with E-state index in [9.17, 15) is 39.6 Å². The molecule has 0 saturated carbocycles. The molecule has 1 aromatic rings. The van der Waals surface area contributed by atoms with Gasteiger partial charge in [-0.05, 0) is 19.1 Å². The van der Waals surface area contributed by atoms with Gasteiger partial charge in [0, 0.05) is 0 Å². The van der Waals surface area contributed by atoms with E-state index in [1.807, 2.05) is 0 Å². The van der Waals surface area contributed by atoms with E-state index in [0.29, 0.717) is 5.56 Å². The minimum Gasteiger partial charge on any atom is -0.272 e. The zero-order chi connectivity index (χ0) is 19.9. The smallest absolute Gasteiger partial charge is 0.272 e. The fourth-order valence-electron chi connectivity index (χ4n) is 1.79. The first kappa shape index (κ1) is 20.3. The highest BCUT2D eigenvalue weighted by Gasteiger charge is 2.53. The lowest BCUT2D eigenvalue weighted by Gasteiger charge is -2.14. The molecular weight excluding hydrogens is 407 g/mol. The Balaban J connectivity index is 2.20. The third-order valence-electron chi connectivity index (χ3n) is 3.07. The van der Waals surface area contributed by atoms with Gasteiger partial charge in [-0.15, -0.1) is 9.35 Å². The number of aryl methyl sites for hydroxylation is 1. The van der Waals surface area contributed by atoms with Crippen LogP contribution in [-0.2, 0) is 38.3 Å². The summed E-state index contributed by atoms with van der Waals surface area (Å²) in [5, 5.41) is -0.342. The highest BCUT2D eigenvalue weighted by Crippen LogP contribution is 2.29. The second-order valence-electron chi connectivity index (χ2n) is 5.06. The topological polar surface area (TPSA) is 124 Å². The van der Waals surface area contributed by atoms with Crippen LogP contribution in [0.4, 0.5) is 13.2 Å². The minimum absolute atomic E-state index is 0.342. The van der Waals surface area contributed by atoms with Crippen molar-refractivity contribution in [1.29, 1.82) is 0 Å². The maximum absolute atomic E-state index is 12.3. The molecule has 0 spiro atoms. The van der Waals surface area contributed by atoms with Crippen LogP contribution < -0.4 is 0 Å². The number of rotatable bonds is 5. The second-order valence-corrected chi connectivity index (χ2v) is 8.15. The molecule has 0 aliphatic carbocycles. The first-order valence-corrected chi connectivity index (χ1v) is 9.44. The molecule has 2 amide bonds. The van der Waals surface area contributed by atoms with Gasteiger partial charge in [0.25, 0.3) is 11.8 Å². The number of benzene rings is 1. The number of hydroxylamine groups is 2. The van der Waals surface area contributed by atoms with Crippen LogP contribution in [0.25, 0.3) is 0 Å². The summed E-state index contributed by atoms with van der Waals surface area (Å²) in [6, 6.07) is 5.01.